The van der Waals surface area contributed by atoms with Gasteiger partial charge in [0, 0.05) is 12.2 Å². The van der Waals surface area contributed by atoms with Crippen LogP contribution in [-0.2, 0) is 19.4 Å². The van der Waals surface area contributed by atoms with Crippen molar-refractivity contribution in [3.8, 4) is 0 Å². The Morgan fingerprint density at radius 3 is 2.29 bits per heavy atom. The van der Waals surface area contributed by atoms with E-state index in [4.69, 9.17) is 0 Å². The van der Waals surface area contributed by atoms with Gasteiger partial charge in [0.1, 0.15) is 11.5 Å². The lowest BCUT2D eigenvalue weighted by Gasteiger charge is -2.07. The van der Waals surface area contributed by atoms with Crippen LogP contribution < -0.4 is 10.6 Å². The lowest BCUT2D eigenvalue weighted by atomic mass is 10.3. The maximum Gasteiger partial charge on any atom is 0.239 e. The molecule has 2 amide bonds. The first-order valence-electron chi connectivity index (χ1n) is 6.75. The molecule has 0 atom stereocenters. The average molecular weight is 312 g/mol. The minimum absolute atomic E-state index is 0.446. The number of rotatable bonds is 8. The van der Waals surface area contributed by atoms with Gasteiger partial charge in [-0.25, -0.2) is 8.42 Å². The van der Waals surface area contributed by atoms with Crippen molar-refractivity contribution in [1.82, 2.24) is 5.32 Å². The van der Waals surface area contributed by atoms with Crippen LogP contribution in [0.15, 0.2) is 30.3 Å². The van der Waals surface area contributed by atoms with Crippen LogP contribution in [0.1, 0.15) is 19.8 Å². The monoisotopic (exact) mass is 312 g/mol. The molecule has 1 rings (SSSR count). The molecular formula is C14H20N2O4S. The van der Waals surface area contributed by atoms with Gasteiger partial charge in [-0.1, -0.05) is 31.5 Å². The van der Waals surface area contributed by atoms with Gasteiger partial charge in [-0.3, -0.25) is 9.59 Å². The highest BCUT2D eigenvalue weighted by Gasteiger charge is 2.20. The fraction of sp³-hybridized carbons (Fsp3) is 0.429. The van der Waals surface area contributed by atoms with Gasteiger partial charge in [0.25, 0.3) is 0 Å². The van der Waals surface area contributed by atoms with Gasteiger partial charge in [-0.15, -0.1) is 0 Å². The summed E-state index contributed by atoms with van der Waals surface area (Å²) < 4.78 is 23.5. The molecule has 1 aromatic rings. The largest absolute Gasteiger partial charge is 0.355 e. The van der Waals surface area contributed by atoms with Crippen LogP contribution in [0.3, 0.4) is 0 Å². The lowest BCUT2D eigenvalue weighted by Crippen LogP contribution is -2.34. The first kappa shape index (κ1) is 17.2. The highest BCUT2D eigenvalue weighted by atomic mass is 32.2. The second kappa shape index (κ2) is 8.41. The topological polar surface area (TPSA) is 92.3 Å². The summed E-state index contributed by atoms with van der Waals surface area (Å²) in [4.78, 5) is 23.1. The molecule has 6 nitrogen and oxygen atoms in total. The van der Waals surface area contributed by atoms with Gasteiger partial charge in [-0.05, 0) is 18.6 Å². The van der Waals surface area contributed by atoms with Gasteiger partial charge < -0.3 is 10.6 Å². The summed E-state index contributed by atoms with van der Waals surface area (Å²) in [6.45, 7) is 2.41. The lowest BCUT2D eigenvalue weighted by molar-refractivity contribution is -0.118. The fourth-order valence-corrected chi connectivity index (χ4v) is 2.70. The molecule has 0 aliphatic carbocycles. The Morgan fingerprint density at radius 1 is 1.05 bits per heavy atom. The molecule has 0 saturated carbocycles. The minimum atomic E-state index is -3.76. The van der Waals surface area contributed by atoms with Crippen molar-refractivity contribution in [2.75, 3.05) is 23.4 Å². The van der Waals surface area contributed by atoms with E-state index in [2.05, 4.69) is 10.6 Å². The highest BCUT2D eigenvalue weighted by molar-refractivity contribution is 7.92. The van der Waals surface area contributed by atoms with Crippen molar-refractivity contribution in [2.45, 2.75) is 19.8 Å². The number of sulfone groups is 1. The zero-order chi connectivity index (χ0) is 15.7. The van der Waals surface area contributed by atoms with Gasteiger partial charge in [0.15, 0.2) is 9.84 Å². The van der Waals surface area contributed by atoms with Crippen LogP contribution in [0.25, 0.3) is 0 Å². The molecule has 0 heterocycles. The summed E-state index contributed by atoms with van der Waals surface area (Å²) in [6.07, 6.45) is 1.70. The molecule has 0 aromatic heterocycles. The quantitative estimate of drug-likeness (QED) is 0.699. The Hall–Kier alpha value is -1.89. The highest BCUT2D eigenvalue weighted by Crippen LogP contribution is 2.05. The van der Waals surface area contributed by atoms with E-state index in [1.165, 1.54) is 0 Å². The van der Waals surface area contributed by atoms with E-state index in [1.54, 1.807) is 30.3 Å². The summed E-state index contributed by atoms with van der Waals surface area (Å²) >= 11 is 0. The Morgan fingerprint density at radius 2 is 1.67 bits per heavy atom. The van der Waals surface area contributed by atoms with Crippen molar-refractivity contribution < 1.29 is 18.0 Å². The number of nitrogens with one attached hydrogen (secondary N) is 2. The molecule has 21 heavy (non-hydrogen) atoms. The maximum absolute atomic E-state index is 11.8. The predicted octanol–water partition coefficient (Wildman–Crippen LogP) is 0.956. The number of benzene rings is 1. The van der Waals surface area contributed by atoms with Crippen LogP contribution in [0.2, 0.25) is 0 Å². The first-order valence-corrected chi connectivity index (χ1v) is 8.57. The number of amides is 2. The van der Waals surface area contributed by atoms with Gasteiger partial charge in [0.2, 0.25) is 11.8 Å². The number of anilines is 1. The zero-order valence-electron chi connectivity index (χ0n) is 12.0. The van der Waals surface area contributed by atoms with Crippen LogP contribution in [0, 0.1) is 0 Å². The minimum Gasteiger partial charge on any atom is -0.355 e. The number of hydrogen-bond donors (Lipinski definition) is 2. The Bertz CT molecular complexity index is 570. The maximum atomic E-state index is 11.8. The summed E-state index contributed by atoms with van der Waals surface area (Å²) in [5.74, 6) is -2.60. The zero-order valence-corrected chi connectivity index (χ0v) is 12.8. The van der Waals surface area contributed by atoms with Crippen LogP contribution >= 0.6 is 0 Å². The second-order valence-electron chi connectivity index (χ2n) is 4.65. The van der Waals surface area contributed by atoms with Crippen LogP contribution in [0.5, 0.6) is 0 Å². The van der Waals surface area contributed by atoms with Crippen LogP contribution in [0.4, 0.5) is 5.69 Å². The second-order valence-corrected chi connectivity index (χ2v) is 6.71. The normalized spacial score (nSPS) is 10.9. The summed E-state index contributed by atoms with van der Waals surface area (Å²) in [7, 11) is -3.76. The standard InChI is InChI=1S/C14H20N2O4S/c1-2-3-9-15-13(17)10-21(19,20)11-14(18)16-12-7-5-4-6-8-12/h4-8H,2-3,9-11H2,1H3,(H,15,17)(H,16,18). The Labute approximate surface area is 124 Å². The van der Waals surface area contributed by atoms with Gasteiger partial charge >= 0.3 is 0 Å². The Kier molecular flexibility index (Phi) is 6.87. The van der Waals surface area contributed by atoms with E-state index in [0.717, 1.165) is 12.8 Å². The average Bonchev–Trinajstić information content (AvgIpc) is 2.38. The number of carbonyl (C=O) groups excluding carboxylic acids is 2. The Balaban J connectivity index is 2.44. The van der Waals surface area contributed by atoms with E-state index in [0.29, 0.717) is 12.2 Å². The summed E-state index contributed by atoms with van der Waals surface area (Å²) in [6, 6.07) is 8.55. The predicted molar refractivity (Wildman–Crippen MR) is 81.6 cm³/mol. The fourth-order valence-electron chi connectivity index (χ4n) is 1.62. The molecule has 0 fully saturated rings. The third-order valence-electron chi connectivity index (χ3n) is 2.61. The van der Waals surface area contributed by atoms with Gasteiger partial charge in [0.05, 0.1) is 0 Å². The van der Waals surface area contributed by atoms with E-state index >= 15 is 0 Å². The molecule has 0 radical (unpaired) electrons. The molecule has 0 bridgehead atoms. The smallest absolute Gasteiger partial charge is 0.239 e. The molecule has 0 saturated heterocycles. The molecule has 116 valence electrons. The van der Waals surface area contributed by atoms with Crippen molar-refractivity contribution in [3.63, 3.8) is 0 Å². The van der Waals surface area contributed by atoms with Crippen LogP contribution in [-0.4, -0.2) is 38.3 Å². The number of hydrogen-bond acceptors (Lipinski definition) is 4. The first-order chi connectivity index (χ1) is 9.93. The number of unbranched alkanes of at least 4 members (excludes halogenated alkanes) is 1. The molecule has 7 heteroatoms. The van der Waals surface area contributed by atoms with E-state index in [9.17, 15) is 18.0 Å². The van der Waals surface area contributed by atoms with Crippen molar-refractivity contribution >= 4 is 27.3 Å². The molecule has 0 aliphatic heterocycles. The molecule has 1 aromatic carbocycles. The molecule has 0 unspecified atom stereocenters. The van der Waals surface area contributed by atoms with Gasteiger partial charge in [-0.2, -0.15) is 0 Å². The molecule has 0 spiro atoms. The molecule has 2 N–H and O–H groups in total. The van der Waals surface area contributed by atoms with Crippen molar-refractivity contribution in [1.29, 1.82) is 0 Å². The summed E-state index contributed by atoms with van der Waals surface area (Å²) in [5, 5.41) is 4.99. The summed E-state index contributed by atoms with van der Waals surface area (Å²) in [5.41, 5.74) is 0.519. The number of para-hydroxylation sites is 1. The van der Waals surface area contributed by atoms with E-state index < -0.39 is 33.2 Å². The molecule has 0 aliphatic rings. The number of carbonyl (C=O) groups is 2. The third-order valence-corrected chi connectivity index (χ3v) is 4.02. The van der Waals surface area contributed by atoms with Crippen molar-refractivity contribution in [2.24, 2.45) is 0 Å². The van der Waals surface area contributed by atoms with E-state index in [1.807, 2.05) is 6.92 Å². The van der Waals surface area contributed by atoms with E-state index in [-0.39, 0.29) is 0 Å². The third kappa shape index (κ3) is 7.45. The SMILES string of the molecule is CCCCNC(=O)CS(=O)(=O)CC(=O)Nc1ccccc1. The van der Waals surface area contributed by atoms with Crippen molar-refractivity contribution in [3.05, 3.63) is 30.3 Å². The molecular weight excluding hydrogens is 292 g/mol.